The molecule has 1 aromatic heterocycles. The number of aliphatic hydroxyl groups excluding tert-OH is 1. The Bertz CT molecular complexity index is 644. The normalized spacial score (nSPS) is 11.8. The van der Waals surface area contributed by atoms with E-state index in [1.165, 1.54) is 24.3 Å². The van der Waals surface area contributed by atoms with Crippen LogP contribution in [0.15, 0.2) is 42.6 Å². The summed E-state index contributed by atoms with van der Waals surface area (Å²) in [6.07, 6.45) is 0.667. The van der Waals surface area contributed by atoms with Gasteiger partial charge in [-0.25, -0.2) is 9.37 Å². The van der Waals surface area contributed by atoms with Gasteiger partial charge in [0.25, 0.3) is 5.91 Å². The third-order valence-electron chi connectivity index (χ3n) is 3.18. The lowest BCUT2D eigenvalue weighted by Crippen LogP contribution is -2.28. The van der Waals surface area contributed by atoms with Crippen LogP contribution in [0.1, 0.15) is 22.0 Å². The van der Waals surface area contributed by atoms with Crippen molar-refractivity contribution in [2.45, 2.75) is 6.10 Å². The molecule has 0 aliphatic rings. The van der Waals surface area contributed by atoms with Crippen molar-refractivity contribution in [2.24, 2.45) is 0 Å². The van der Waals surface area contributed by atoms with Gasteiger partial charge in [0.2, 0.25) is 0 Å². The van der Waals surface area contributed by atoms with Crippen LogP contribution in [0.3, 0.4) is 0 Å². The maximum atomic E-state index is 12.8. The van der Waals surface area contributed by atoms with Gasteiger partial charge in [-0.05, 0) is 29.8 Å². The Morgan fingerprint density at radius 2 is 2.00 bits per heavy atom. The summed E-state index contributed by atoms with van der Waals surface area (Å²) in [4.78, 5) is 18.0. The summed E-state index contributed by atoms with van der Waals surface area (Å²) in [5.41, 5.74) is 1.01. The Balaban J connectivity index is 1.97. The minimum absolute atomic E-state index is 0.0457. The summed E-state index contributed by atoms with van der Waals surface area (Å²) in [6, 6.07) is 8.79. The molecule has 1 amide bonds. The monoisotopic (exact) mass is 303 g/mol. The molecule has 0 aliphatic heterocycles. The Hall–Kier alpha value is -2.47. The molecule has 1 unspecified atom stereocenters. The highest BCUT2D eigenvalue weighted by atomic mass is 19.1. The SMILES string of the molecule is CN(C)c1cc(C(=O)NCC(O)c2ccc(F)cc2)ccn1. The summed E-state index contributed by atoms with van der Waals surface area (Å²) in [5, 5.41) is 12.6. The zero-order valence-corrected chi connectivity index (χ0v) is 12.5. The number of amides is 1. The number of halogens is 1. The van der Waals surface area contributed by atoms with E-state index < -0.39 is 6.10 Å². The third-order valence-corrected chi connectivity index (χ3v) is 3.18. The minimum Gasteiger partial charge on any atom is -0.387 e. The Morgan fingerprint density at radius 3 is 2.64 bits per heavy atom. The van der Waals surface area contributed by atoms with Crippen molar-refractivity contribution in [3.63, 3.8) is 0 Å². The molecule has 1 atom stereocenters. The van der Waals surface area contributed by atoms with Crippen molar-refractivity contribution < 1.29 is 14.3 Å². The lowest BCUT2D eigenvalue weighted by molar-refractivity contribution is 0.0916. The molecular formula is C16H18FN3O2. The van der Waals surface area contributed by atoms with Gasteiger partial charge in [-0.1, -0.05) is 12.1 Å². The van der Waals surface area contributed by atoms with E-state index in [2.05, 4.69) is 10.3 Å². The van der Waals surface area contributed by atoms with E-state index >= 15 is 0 Å². The van der Waals surface area contributed by atoms with Crippen molar-refractivity contribution in [3.05, 3.63) is 59.5 Å². The molecule has 5 nitrogen and oxygen atoms in total. The number of carbonyl (C=O) groups excluding carboxylic acids is 1. The Morgan fingerprint density at radius 1 is 1.32 bits per heavy atom. The zero-order chi connectivity index (χ0) is 16.1. The first-order valence-electron chi connectivity index (χ1n) is 6.82. The fourth-order valence-electron chi connectivity index (χ4n) is 1.90. The van der Waals surface area contributed by atoms with Gasteiger partial charge in [-0.2, -0.15) is 0 Å². The van der Waals surface area contributed by atoms with E-state index in [1.807, 2.05) is 14.1 Å². The van der Waals surface area contributed by atoms with Crippen LogP contribution in [0.25, 0.3) is 0 Å². The molecule has 0 fully saturated rings. The van der Waals surface area contributed by atoms with Crippen LogP contribution < -0.4 is 10.2 Å². The highest BCUT2D eigenvalue weighted by molar-refractivity contribution is 5.94. The first kappa shape index (κ1) is 15.9. The number of pyridine rings is 1. The predicted molar refractivity (Wildman–Crippen MR) is 82.3 cm³/mol. The summed E-state index contributed by atoms with van der Waals surface area (Å²) in [5.74, 6) is 0.00591. The van der Waals surface area contributed by atoms with Gasteiger partial charge >= 0.3 is 0 Å². The minimum atomic E-state index is -0.889. The number of carbonyl (C=O) groups is 1. The largest absolute Gasteiger partial charge is 0.387 e. The van der Waals surface area contributed by atoms with Crippen LogP contribution in [0, 0.1) is 5.82 Å². The fraction of sp³-hybridized carbons (Fsp3) is 0.250. The topological polar surface area (TPSA) is 65.5 Å². The smallest absolute Gasteiger partial charge is 0.251 e. The number of nitrogens with zero attached hydrogens (tertiary/aromatic N) is 2. The van der Waals surface area contributed by atoms with Gasteiger partial charge in [0.15, 0.2) is 0 Å². The predicted octanol–water partition coefficient (Wildman–Crippen LogP) is 1.75. The Labute approximate surface area is 128 Å². The molecule has 1 aromatic carbocycles. The van der Waals surface area contributed by atoms with Crippen molar-refractivity contribution in [1.82, 2.24) is 10.3 Å². The van der Waals surface area contributed by atoms with Gasteiger partial charge in [-0.3, -0.25) is 4.79 Å². The molecule has 0 aliphatic carbocycles. The number of hydrogen-bond acceptors (Lipinski definition) is 4. The summed E-state index contributed by atoms with van der Waals surface area (Å²) < 4.78 is 12.8. The first-order valence-corrected chi connectivity index (χ1v) is 6.82. The standard InChI is InChI=1S/C16H18FN3O2/c1-20(2)15-9-12(7-8-18-15)16(22)19-10-14(21)11-3-5-13(17)6-4-11/h3-9,14,21H,10H2,1-2H3,(H,19,22). The van der Waals surface area contributed by atoms with Gasteiger partial charge in [-0.15, -0.1) is 0 Å². The van der Waals surface area contributed by atoms with Crippen molar-refractivity contribution >= 4 is 11.7 Å². The van der Waals surface area contributed by atoms with Gasteiger partial charge in [0, 0.05) is 32.4 Å². The van der Waals surface area contributed by atoms with E-state index in [0.29, 0.717) is 16.9 Å². The number of benzene rings is 1. The molecule has 0 spiro atoms. The van der Waals surface area contributed by atoms with E-state index in [9.17, 15) is 14.3 Å². The van der Waals surface area contributed by atoms with E-state index in [-0.39, 0.29) is 18.3 Å². The average molecular weight is 303 g/mol. The molecule has 6 heteroatoms. The highest BCUT2D eigenvalue weighted by Gasteiger charge is 2.12. The molecule has 0 radical (unpaired) electrons. The number of nitrogens with one attached hydrogen (secondary N) is 1. The lowest BCUT2D eigenvalue weighted by atomic mass is 10.1. The zero-order valence-electron chi connectivity index (χ0n) is 12.5. The van der Waals surface area contributed by atoms with Crippen molar-refractivity contribution in [1.29, 1.82) is 0 Å². The maximum absolute atomic E-state index is 12.8. The lowest BCUT2D eigenvalue weighted by Gasteiger charge is -2.14. The van der Waals surface area contributed by atoms with Gasteiger partial charge in [0.1, 0.15) is 11.6 Å². The first-order chi connectivity index (χ1) is 10.5. The number of hydrogen-bond donors (Lipinski definition) is 2. The second kappa shape index (κ2) is 7.00. The molecule has 0 bridgehead atoms. The second-order valence-corrected chi connectivity index (χ2v) is 5.07. The van der Waals surface area contributed by atoms with Crippen LogP contribution >= 0.6 is 0 Å². The average Bonchev–Trinajstić information content (AvgIpc) is 2.53. The molecule has 0 saturated heterocycles. The van der Waals surface area contributed by atoms with Crippen molar-refractivity contribution in [2.75, 3.05) is 25.5 Å². The summed E-state index contributed by atoms with van der Waals surface area (Å²) >= 11 is 0. The molecule has 2 rings (SSSR count). The molecule has 0 saturated carbocycles. The highest BCUT2D eigenvalue weighted by Crippen LogP contribution is 2.13. The van der Waals surface area contributed by atoms with Gasteiger partial charge < -0.3 is 15.3 Å². The second-order valence-electron chi connectivity index (χ2n) is 5.07. The molecule has 22 heavy (non-hydrogen) atoms. The number of aromatic nitrogens is 1. The van der Waals surface area contributed by atoms with E-state index in [4.69, 9.17) is 0 Å². The molecule has 1 heterocycles. The molecule has 2 N–H and O–H groups in total. The third kappa shape index (κ3) is 4.02. The number of anilines is 1. The summed E-state index contributed by atoms with van der Waals surface area (Å²) in [6.45, 7) is 0.0457. The van der Waals surface area contributed by atoms with E-state index in [0.717, 1.165) is 0 Å². The fourth-order valence-corrected chi connectivity index (χ4v) is 1.90. The Kier molecular flexibility index (Phi) is 5.06. The van der Waals surface area contributed by atoms with Crippen LogP contribution in [-0.2, 0) is 0 Å². The number of aliphatic hydroxyl groups is 1. The molecule has 116 valence electrons. The van der Waals surface area contributed by atoms with Crippen LogP contribution in [0.2, 0.25) is 0 Å². The van der Waals surface area contributed by atoms with Crippen LogP contribution in [-0.4, -0.2) is 36.6 Å². The molecular weight excluding hydrogens is 285 g/mol. The number of rotatable bonds is 5. The summed E-state index contributed by atoms with van der Waals surface area (Å²) in [7, 11) is 3.67. The van der Waals surface area contributed by atoms with Crippen LogP contribution in [0.4, 0.5) is 10.2 Å². The van der Waals surface area contributed by atoms with Gasteiger partial charge in [0.05, 0.1) is 6.10 Å². The van der Waals surface area contributed by atoms with Crippen LogP contribution in [0.5, 0.6) is 0 Å². The molecule has 2 aromatic rings. The van der Waals surface area contributed by atoms with Crippen molar-refractivity contribution in [3.8, 4) is 0 Å². The quantitative estimate of drug-likeness (QED) is 0.883. The van der Waals surface area contributed by atoms with E-state index in [1.54, 1.807) is 23.2 Å². The maximum Gasteiger partial charge on any atom is 0.251 e.